The molecule has 3 aromatic rings. The molecule has 8 nitrogen and oxygen atoms in total. The van der Waals surface area contributed by atoms with Gasteiger partial charge in [-0.15, -0.1) is 10.2 Å². The molecule has 1 heterocycles. The third-order valence-corrected chi connectivity index (χ3v) is 5.54. The predicted octanol–water partition coefficient (Wildman–Crippen LogP) is 4.24. The third kappa shape index (κ3) is 6.01. The highest BCUT2D eigenvalue weighted by atomic mass is 32.2. The van der Waals surface area contributed by atoms with Gasteiger partial charge in [-0.1, -0.05) is 35.5 Å². The van der Waals surface area contributed by atoms with Crippen LogP contribution in [0.3, 0.4) is 0 Å². The second-order valence-corrected chi connectivity index (χ2v) is 8.66. The Labute approximate surface area is 196 Å². The van der Waals surface area contributed by atoms with Gasteiger partial charge in [0, 0.05) is 12.5 Å². The van der Waals surface area contributed by atoms with Gasteiger partial charge in [-0.25, -0.2) is 0 Å². The molecule has 0 aliphatic rings. The Morgan fingerprint density at radius 3 is 2.41 bits per heavy atom. The van der Waals surface area contributed by atoms with Gasteiger partial charge in [0.25, 0.3) is 5.56 Å². The van der Waals surface area contributed by atoms with Crippen molar-refractivity contribution in [3.63, 3.8) is 0 Å². The summed E-state index contributed by atoms with van der Waals surface area (Å²) in [7, 11) is 0. The molecule has 12 heteroatoms. The van der Waals surface area contributed by atoms with Crippen molar-refractivity contribution in [2.75, 3.05) is 10.6 Å². The number of alkyl halides is 3. The van der Waals surface area contributed by atoms with Gasteiger partial charge in [-0.3, -0.25) is 19.4 Å². The van der Waals surface area contributed by atoms with E-state index in [1.165, 1.54) is 26.0 Å². The number of anilines is 2. The average molecular weight is 491 g/mol. The molecule has 34 heavy (non-hydrogen) atoms. The Hall–Kier alpha value is -3.67. The van der Waals surface area contributed by atoms with Gasteiger partial charge >= 0.3 is 6.18 Å². The first-order valence-electron chi connectivity index (χ1n) is 9.95. The molecule has 0 aliphatic heterocycles. The van der Waals surface area contributed by atoms with Crippen LogP contribution in [0.25, 0.3) is 11.3 Å². The summed E-state index contributed by atoms with van der Waals surface area (Å²) in [5.41, 5.74) is -0.395. The van der Waals surface area contributed by atoms with Gasteiger partial charge in [0.15, 0.2) is 10.9 Å². The van der Waals surface area contributed by atoms with E-state index in [-0.39, 0.29) is 22.4 Å². The molecule has 3 N–H and O–H groups in total. The van der Waals surface area contributed by atoms with E-state index < -0.39 is 28.5 Å². The predicted molar refractivity (Wildman–Crippen MR) is 123 cm³/mol. The van der Waals surface area contributed by atoms with E-state index in [0.717, 1.165) is 29.5 Å². The highest BCUT2D eigenvalue weighted by Crippen LogP contribution is 2.35. The minimum atomic E-state index is -4.63. The first kappa shape index (κ1) is 25.0. The number of hydrogen-bond donors (Lipinski definition) is 3. The number of para-hydroxylation sites is 1. The standard InChI is InChI=1S/C22H20F3N5O3S/c1-11-8-9-16(26-13(3)31)14(10-11)18-20(33)28-21(30-29-18)34-12(2)19(32)27-17-7-5-4-6-15(17)22(23,24)25/h4-10,12H,1-3H3,(H,26,31)(H,27,32)(H,28,30,33)/t12-/m1/s1. The van der Waals surface area contributed by atoms with Crippen molar-refractivity contribution in [2.24, 2.45) is 0 Å². The Bertz CT molecular complexity index is 1290. The van der Waals surface area contributed by atoms with Gasteiger partial charge < -0.3 is 10.6 Å². The fourth-order valence-corrected chi connectivity index (χ4v) is 3.74. The number of aryl methyl sites for hydroxylation is 1. The SMILES string of the molecule is CC(=O)Nc1ccc(C)cc1-c1nnc(S[C@H](C)C(=O)Nc2ccccc2C(F)(F)F)[nH]c1=O. The van der Waals surface area contributed by atoms with Crippen LogP contribution in [-0.4, -0.2) is 32.2 Å². The topological polar surface area (TPSA) is 117 Å². The number of hydrogen-bond acceptors (Lipinski definition) is 6. The van der Waals surface area contributed by atoms with Gasteiger partial charge in [0.1, 0.15) is 0 Å². The van der Waals surface area contributed by atoms with Crippen LogP contribution in [0.1, 0.15) is 25.0 Å². The van der Waals surface area contributed by atoms with E-state index in [1.807, 2.05) is 6.92 Å². The zero-order valence-electron chi connectivity index (χ0n) is 18.3. The first-order valence-corrected chi connectivity index (χ1v) is 10.8. The Morgan fingerprint density at radius 2 is 1.76 bits per heavy atom. The fourth-order valence-electron chi connectivity index (χ4n) is 3.00. The van der Waals surface area contributed by atoms with E-state index >= 15 is 0 Å². The molecule has 178 valence electrons. The normalized spacial score (nSPS) is 12.2. The van der Waals surface area contributed by atoms with Crippen LogP contribution in [-0.2, 0) is 15.8 Å². The van der Waals surface area contributed by atoms with Crippen LogP contribution in [0.5, 0.6) is 0 Å². The van der Waals surface area contributed by atoms with Gasteiger partial charge in [-0.2, -0.15) is 13.2 Å². The minimum Gasteiger partial charge on any atom is -0.326 e. The van der Waals surface area contributed by atoms with Gasteiger partial charge in [0.05, 0.1) is 22.2 Å². The lowest BCUT2D eigenvalue weighted by molar-refractivity contribution is -0.137. The van der Waals surface area contributed by atoms with E-state index in [2.05, 4.69) is 25.8 Å². The molecule has 0 saturated heterocycles. The monoisotopic (exact) mass is 491 g/mol. The molecule has 2 aromatic carbocycles. The second kappa shape index (κ2) is 10.1. The summed E-state index contributed by atoms with van der Waals surface area (Å²) in [6.45, 7) is 4.60. The smallest absolute Gasteiger partial charge is 0.326 e. The van der Waals surface area contributed by atoms with E-state index in [9.17, 15) is 27.6 Å². The largest absolute Gasteiger partial charge is 0.418 e. The number of rotatable bonds is 6. The molecule has 0 radical (unpaired) electrons. The molecule has 0 saturated carbocycles. The summed E-state index contributed by atoms with van der Waals surface area (Å²) in [4.78, 5) is 39.1. The fraction of sp³-hybridized carbons (Fsp3) is 0.227. The maximum absolute atomic E-state index is 13.2. The number of aromatic nitrogens is 3. The molecule has 1 atom stereocenters. The number of carbonyl (C=O) groups is 2. The number of thioether (sulfide) groups is 1. The second-order valence-electron chi connectivity index (χ2n) is 7.33. The van der Waals surface area contributed by atoms with Gasteiger partial charge in [0.2, 0.25) is 11.8 Å². The highest BCUT2D eigenvalue weighted by Gasteiger charge is 2.34. The van der Waals surface area contributed by atoms with Crippen LogP contribution >= 0.6 is 11.8 Å². The minimum absolute atomic E-state index is 0.00855. The molecular formula is C22H20F3N5O3S. The van der Waals surface area contributed by atoms with E-state index in [1.54, 1.807) is 18.2 Å². The molecule has 1 aromatic heterocycles. The van der Waals surface area contributed by atoms with Crippen molar-refractivity contribution >= 4 is 35.0 Å². The Kier molecular flexibility index (Phi) is 7.40. The van der Waals surface area contributed by atoms with Crippen molar-refractivity contribution in [1.29, 1.82) is 0 Å². The number of benzene rings is 2. The van der Waals surface area contributed by atoms with E-state index in [4.69, 9.17) is 0 Å². The summed E-state index contributed by atoms with van der Waals surface area (Å²) < 4.78 is 39.5. The summed E-state index contributed by atoms with van der Waals surface area (Å²) >= 11 is 0.828. The Balaban J connectivity index is 1.79. The molecular weight excluding hydrogens is 471 g/mol. The summed E-state index contributed by atoms with van der Waals surface area (Å²) in [5.74, 6) is -1.03. The van der Waals surface area contributed by atoms with Crippen LogP contribution in [0.15, 0.2) is 52.4 Å². The summed E-state index contributed by atoms with van der Waals surface area (Å²) in [6, 6.07) is 9.71. The molecule has 2 amide bonds. The third-order valence-electron chi connectivity index (χ3n) is 4.57. The number of H-pyrrole nitrogens is 1. The van der Waals surface area contributed by atoms with Crippen molar-refractivity contribution in [3.05, 3.63) is 63.9 Å². The van der Waals surface area contributed by atoms with Crippen molar-refractivity contribution in [1.82, 2.24) is 15.2 Å². The van der Waals surface area contributed by atoms with Crippen molar-refractivity contribution < 1.29 is 22.8 Å². The van der Waals surface area contributed by atoms with E-state index in [0.29, 0.717) is 11.3 Å². The number of nitrogens with one attached hydrogen (secondary N) is 3. The number of halogens is 3. The quantitative estimate of drug-likeness (QED) is 0.444. The van der Waals surface area contributed by atoms with Gasteiger partial charge in [-0.05, 0) is 38.1 Å². The maximum atomic E-state index is 13.2. The first-order chi connectivity index (χ1) is 16.0. The number of nitrogens with zero attached hydrogens (tertiary/aromatic N) is 2. The molecule has 0 aliphatic carbocycles. The molecule has 0 spiro atoms. The summed E-state index contributed by atoms with van der Waals surface area (Å²) in [5, 5.41) is 11.9. The maximum Gasteiger partial charge on any atom is 0.418 e. The number of aromatic amines is 1. The van der Waals surface area contributed by atoms with Crippen molar-refractivity contribution in [2.45, 2.75) is 37.4 Å². The van der Waals surface area contributed by atoms with Crippen LogP contribution in [0.2, 0.25) is 0 Å². The molecule has 0 unspecified atom stereocenters. The van der Waals surface area contributed by atoms with Crippen LogP contribution in [0, 0.1) is 6.92 Å². The van der Waals surface area contributed by atoms with Crippen LogP contribution in [0.4, 0.5) is 24.5 Å². The summed E-state index contributed by atoms with van der Waals surface area (Å²) in [6.07, 6.45) is -4.63. The lowest BCUT2D eigenvalue weighted by Gasteiger charge is -2.16. The Morgan fingerprint density at radius 1 is 1.06 bits per heavy atom. The lowest BCUT2D eigenvalue weighted by atomic mass is 10.1. The molecule has 3 rings (SSSR count). The van der Waals surface area contributed by atoms with Crippen LogP contribution < -0.4 is 16.2 Å². The zero-order chi connectivity index (χ0) is 25.0. The molecule has 0 bridgehead atoms. The molecule has 0 fully saturated rings. The lowest BCUT2D eigenvalue weighted by Crippen LogP contribution is -2.25. The average Bonchev–Trinajstić information content (AvgIpc) is 2.74. The number of carbonyl (C=O) groups excluding carboxylic acids is 2. The highest BCUT2D eigenvalue weighted by molar-refractivity contribution is 8.00. The number of amides is 2. The zero-order valence-corrected chi connectivity index (χ0v) is 19.1. The van der Waals surface area contributed by atoms with Crippen molar-refractivity contribution in [3.8, 4) is 11.3 Å².